The van der Waals surface area contributed by atoms with Gasteiger partial charge in [0.1, 0.15) is 0 Å². The zero-order valence-electron chi connectivity index (χ0n) is 9.97. The smallest absolute Gasteiger partial charge is 0.224 e. The molecule has 7 heteroatoms. The number of carbonyl (C=O) groups is 1. The zero-order valence-corrected chi connectivity index (χ0v) is 13.1. The van der Waals surface area contributed by atoms with Gasteiger partial charge in [0.2, 0.25) is 5.91 Å². The van der Waals surface area contributed by atoms with Crippen molar-refractivity contribution in [3.8, 4) is 0 Å². The van der Waals surface area contributed by atoms with Gasteiger partial charge in [-0.3, -0.25) is 4.79 Å². The van der Waals surface area contributed by atoms with Crippen LogP contribution in [0.3, 0.4) is 0 Å². The van der Waals surface area contributed by atoms with E-state index in [0.717, 1.165) is 10.0 Å². The van der Waals surface area contributed by atoms with Crippen molar-refractivity contribution in [3.63, 3.8) is 0 Å². The summed E-state index contributed by atoms with van der Waals surface area (Å²) in [6.07, 6.45) is 0.216. The van der Waals surface area contributed by atoms with Crippen LogP contribution in [-0.2, 0) is 21.1 Å². The molecule has 1 aliphatic rings. The van der Waals surface area contributed by atoms with Crippen molar-refractivity contribution in [2.45, 2.75) is 17.8 Å². The van der Waals surface area contributed by atoms with Gasteiger partial charge >= 0.3 is 0 Å². The Kier molecular flexibility index (Phi) is 4.53. The average Bonchev–Trinajstić information content (AvgIpc) is 2.55. The van der Waals surface area contributed by atoms with Crippen LogP contribution in [0.2, 0.25) is 0 Å². The van der Waals surface area contributed by atoms with Crippen LogP contribution in [0.4, 0.5) is 0 Å². The van der Waals surface area contributed by atoms with E-state index in [1.54, 1.807) is 0 Å². The van der Waals surface area contributed by atoms with Crippen LogP contribution in [-0.4, -0.2) is 37.2 Å². The summed E-state index contributed by atoms with van der Waals surface area (Å²) in [4.78, 5) is 11.8. The lowest BCUT2D eigenvalue weighted by Gasteiger charge is -2.14. The van der Waals surface area contributed by atoms with Crippen molar-refractivity contribution in [2.75, 3.05) is 11.5 Å². The topological polar surface area (TPSA) is 63.2 Å². The molecule has 19 heavy (non-hydrogen) atoms. The molecule has 1 heterocycles. The second kappa shape index (κ2) is 5.81. The Labute approximate surface area is 125 Å². The predicted octanol–water partition coefficient (Wildman–Crippen LogP) is 1.51. The second-order valence-electron chi connectivity index (χ2n) is 4.57. The molecule has 4 nitrogen and oxygen atoms in total. The number of benzene rings is 1. The molecule has 0 aliphatic carbocycles. The van der Waals surface area contributed by atoms with Gasteiger partial charge in [-0.05, 0) is 17.7 Å². The largest absolute Gasteiger partial charge is 0.351 e. The lowest BCUT2D eigenvalue weighted by Crippen LogP contribution is -2.41. The molecule has 2 rings (SSSR count). The zero-order chi connectivity index (χ0) is 14.0. The maximum absolute atomic E-state index is 11.8. The highest BCUT2D eigenvalue weighted by atomic mass is 79.9. The van der Waals surface area contributed by atoms with Crippen LogP contribution >= 0.6 is 27.5 Å². The highest BCUT2D eigenvalue weighted by Gasteiger charge is 2.37. The number of rotatable bonds is 3. The van der Waals surface area contributed by atoms with Gasteiger partial charge in [0.05, 0.1) is 29.3 Å². The number of alkyl halides is 1. The SMILES string of the molecule is O=C(Cc1ccc(Br)cc1)NC1CS(=O)(=O)CC1Cl. The second-order valence-corrected chi connectivity index (χ2v) is 8.20. The third-order valence-electron chi connectivity index (χ3n) is 2.91. The van der Waals surface area contributed by atoms with Crippen LogP contribution in [0.5, 0.6) is 0 Å². The van der Waals surface area contributed by atoms with E-state index < -0.39 is 21.3 Å². The summed E-state index contributed by atoms with van der Waals surface area (Å²) >= 11 is 9.25. The third-order valence-corrected chi connectivity index (χ3v) is 5.81. The maximum Gasteiger partial charge on any atom is 0.224 e. The summed E-state index contributed by atoms with van der Waals surface area (Å²) in [5.74, 6) is -0.361. The normalized spacial score (nSPS) is 25.2. The summed E-state index contributed by atoms with van der Waals surface area (Å²) in [6.45, 7) is 0. The van der Waals surface area contributed by atoms with E-state index in [2.05, 4.69) is 21.2 Å². The van der Waals surface area contributed by atoms with Crippen LogP contribution in [0.1, 0.15) is 5.56 Å². The quantitative estimate of drug-likeness (QED) is 0.825. The lowest BCUT2D eigenvalue weighted by molar-refractivity contribution is -0.120. The maximum atomic E-state index is 11.8. The fourth-order valence-corrected chi connectivity index (χ4v) is 4.80. The fraction of sp³-hybridized carbons (Fsp3) is 0.417. The molecule has 1 saturated heterocycles. The first-order valence-electron chi connectivity index (χ1n) is 5.74. The van der Waals surface area contributed by atoms with Crippen molar-refractivity contribution < 1.29 is 13.2 Å². The number of amides is 1. The van der Waals surface area contributed by atoms with Crippen LogP contribution < -0.4 is 5.32 Å². The van der Waals surface area contributed by atoms with Gasteiger partial charge in [-0.15, -0.1) is 11.6 Å². The van der Waals surface area contributed by atoms with Gasteiger partial charge in [-0.2, -0.15) is 0 Å². The monoisotopic (exact) mass is 365 g/mol. The van der Waals surface area contributed by atoms with E-state index in [0.29, 0.717) is 0 Å². The summed E-state index contributed by atoms with van der Waals surface area (Å²) in [5, 5.41) is 2.14. The molecule has 0 saturated carbocycles. The highest BCUT2D eigenvalue weighted by molar-refractivity contribution is 9.10. The van der Waals surface area contributed by atoms with E-state index in [-0.39, 0.29) is 23.8 Å². The minimum absolute atomic E-state index is 0.0716. The predicted molar refractivity (Wildman–Crippen MR) is 78.1 cm³/mol. The first-order chi connectivity index (χ1) is 8.85. The van der Waals surface area contributed by atoms with Gasteiger partial charge in [0.15, 0.2) is 9.84 Å². The fourth-order valence-electron chi connectivity index (χ4n) is 1.98. The molecule has 104 valence electrons. The number of carbonyl (C=O) groups excluding carboxylic acids is 1. The van der Waals surface area contributed by atoms with Crippen LogP contribution in [0.25, 0.3) is 0 Å². The summed E-state index contributed by atoms with van der Waals surface area (Å²) < 4.78 is 23.7. The summed E-state index contributed by atoms with van der Waals surface area (Å²) in [5.41, 5.74) is 0.868. The molecular formula is C12H13BrClNO3S. The van der Waals surface area contributed by atoms with E-state index >= 15 is 0 Å². The Morgan fingerprint density at radius 1 is 1.32 bits per heavy atom. The third kappa shape index (κ3) is 4.19. The summed E-state index contributed by atoms with van der Waals surface area (Å²) in [6, 6.07) is 6.90. The molecule has 0 aromatic heterocycles. The van der Waals surface area contributed by atoms with Crippen LogP contribution in [0, 0.1) is 0 Å². The molecule has 2 unspecified atom stereocenters. The number of hydrogen-bond acceptors (Lipinski definition) is 3. The Morgan fingerprint density at radius 3 is 2.47 bits per heavy atom. The van der Waals surface area contributed by atoms with Crippen molar-refractivity contribution >= 4 is 43.3 Å². The van der Waals surface area contributed by atoms with Crippen molar-refractivity contribution in [2.24, 2.45) is 0 Å². The molecule has 1 aliphatic heterocycles. The molecule has 1 aromatic rings. The molecular weight excluding hydrogens is 354 g/mol. The average molecular weight is 367 g/mol. The van der Waals surface area contributed by atoms with E-state index in [4.69, 9.17) is 11.6 Å². The number of hydrogen-bond donors (Lipinski definition) is 1. The molecule has 1 amide bonds. The van der Waals surface area contributed by atoms with Crippen molar-refractivity contribution in [1.82, 2.24) is 5.32 Å². The van der Waals surface area contributed by atoms with Gasteiger partial charge in [0, 0.05) is 4.47 Å². The van der Waals surface area contributed by atoms with Gasteiger partial charge in [-0.1, -0.05) is 28.1 Å². The molecule has 0 radical (unpaired) electrons. The highest BCUT2D eigenvalue weighted by Crippen LogP contribution is 2.18. The standard InChI is InChI=1S/C12H13BrClNO3S/c13-9-3-1-8(2-4-9)5-12(16)15-11-7-19(17,18)6-10(11)14/h1-4,10-11H,5-7H2,(H,15,16). The first kappa shape index (κ1) is 14.8. The van der Waals surface area contributed by atoms with Crippen molar-refractivity contribution in [1.29, 1.82) is 0 Å². The minimum atomic E-state index is -3.12. The Hall–Kier alpha value is -0.590. The molecule has 1 N–H and O–H groups in total. The number of sulfone groups is 1. The van der Waals surface area contributed by atoms with Gasteiger partial charge in [0.25, 0.3) is 0 Å². The summed E-state index contributed by atoms with van der Waals surface area (Å²) in [7, 11) is -3.12. The van der Waals surface area contributed by atoms with Gasteiger partial charge < -0.3 is 5.32 Å². The van der Waals surface area contributed by atoms with E-state index in [1.165, 1.54) is 0 Å². The van der Waals surface area contributed by atoms with E-state index in [9.17, 15) is 13.2 Å². The molecule has 0 bridgehead atoms. The van der Waals surface area contributed by atoms with E-state index in [1.807, 2.05) is 24.3 Å². The number of halogens is 2. The Balaban J connectivity index is 1.93. The Morgan fingerprint density at radius 2 is 1.95 bits per heavy atom. The minimum Gasteiger partial charge on any atom is -0.351 e. The van der Waals surface area contributed by atoms with Crippen molar-refractivity contribution in [3.05, 3.63) is 34.3 Å². The van der Waals surface area contributed by atoms with Crippen LogP contribution in [0.15, 0.2) is 28.7 Å². The Bertz CT molecular complexity index is 573. The first-order valence-corrected chi connectivity index (χ1v) is 8.79. The molecule has 2 atom stereocenters. The van der Waals surface area contributed by atoms with Gasteiger partial charge in [-0.25, -0.2) is 8.42 Å². The molecule has 0 spiro atoms. The molecule has 1 fully saturated rings. The lowest BCUT2D eigenvalue weighted by atomic mass is 10.1. The number of nitrogens with one attached hydrogen (secondary N) is 1. The molecule has 1 aromatic carbocycles.